The molecule has 2 fully saturated rings. The molecule has 2 heterocycles. The smallest absolute Gasteiger partial charge is 0.327 e. The van der Waals surface area contributed by atoms with Crippen LogP contribution in [0.4, 0.5) is 4.79 Å². The number of thioether (sulfide) groups is 1. The lowest BCUT2D eigenvalue weighted by Crippen LogP contribution is -2.55. The van der Waals surface area contributed by atoms with Gasteiger partial charge in [0.2, 0.25) is 0 Å². The molecule has 0 bridgehead atoms. The lowest BCUT2D eigenvalue weighted by molar-refractivity contribution is -0.141. The van der Waals surface area contributed by atoms with Crippen LogP contribution in [0.5, 0.6) is 0 Å². The van der Waals surface area contributed by atoms with Crippen molar-refractivity contribution >= 4 is 23.8 Å². The van der Waals surface area contributed by atoms with Gasteiger partial charge in [0.25, 0.3) is 0 Å². The van der Waals surface area contributed by atoms with Crippen molar-refractivity contribution in [2.75, 3.05) is 25.4 Å². The van der Waals surface area contributed by atoms with Gasteiger partial charge in [-0.05, 0) is 12.8 Å². The minimum absolute atomic E-state index is 0.0356. The SMILES string of the molecule is CCC1CN(C(=O)N2C(CC)SCC2C(=O)O)CCO1. The van der Waals surface area contributed by atoms with Gasteiger partial charge in [-0.1, -0.05) is 13.8 Å². The summed E-state index contributed by atoms with van der Waals surface area (Å²) in [4.78, 5) is 27.3. The highest BCUT2D eigenvalue weighted by molar-refractivity contribution is 8.00. The van der Waals surface area contributed by atoms with Gasteiger partial charge in [-0.2, -0.15) is 0 Å². The van der Waals surface area contributed by atoms with Gasteiger partial charge in [0, 0.05) is 18.8 Å². The zero-order valence-corrected chi connectivity index (χ0v) is 12.8. The van der Waals surface area contributed by atoms with Gasteiger partial charge >= 0.3 is 12.0 Å². The number of carbonyl (C=O) groups excluding carboxylic acids is 1. The number of aliphatic carboxylic acids is 1. The fourth-order valence-corrected chi connectivity index (χ4v) is 3.97. The Morgan fingerprint density at radius 1 is 1.35 bits per heavy atom. The second-order valence-electron chi connectivity index (χ2n) is 5.09. The molecular formula is C13H22N2O4S. The molecule has 1 N–H and O–H groups in total. The Hall–Kier alpha value is -0.950. The van der Waals surface area contributed by atoms with Crippen LogP contribution in [-0.4, -0.2) is 69.9 Å². The first-order chi connectivity index (χ1) is 9.58. The third kappa shape index (κ3) is 3.03. The maximum Gasteiger partial charge on any atom is 0.327 e. The van der Waals surface area contributed by atoms with Crippen molar-refractivity contribution in [3.63, 3.8) is 0 Å². The fraction of sp³-hybridized carbons (Fsp3) is 0.846. The van der Waals surface area contributed by atoms with Crippen molar-refractivity contribution in [2.45, 2.75) is 44.2 Å². The Kier molecular flexibility index (Phi) is 5.15. The van der Waals surface area contributed by atoms with Gasteiger partial charge in [0.1, 0.15) is 6.04 Å². The third-order valence-electron chi connectivity index (χ3n) is 3.81. The van der Waals surface area contributed by atoms with E-state index in [0.717, 1.165) is 12.8 Å². The zero-order chi connectivity index (χ0) is 14.7. The zero-order valence-electron chi connectivity index (χ0n) is 11.9. The molecule has 2 aliphatic rings. The summed E-state index contributed by atoms with van der Waals surface area (Å²) in [6, 6.07) is -0.864. The quantitative estimate of drug-likeness (QED) is 0.854. The molecule has 2 rings (SSSR count). The van der Waals surface area contributed by atoms with E-state index in [1.807, 2.05) is 13.8 Å². The summed E-state index contributed by atoms with van der Waals surface area (Å²) >= 11 is 1.55. The van der Waals surface area contributed by atoms with Crippen molar-refractivity contribution in [2.24, 2.45) is 0 Å². The van der Waals surface area contributed by atoms with E-state index in [2.05, 4.69) is 0 Å². The van der Waals surface area contributed by atoms with E-state index in [1.54, 1.807) is 21.6 Å². The molecule has 3 unspecified atom stereocenters. The molecule has 0 aromatic heterocycles. The third-order valence-corrected chi connectivity index (χ3v) is 5.27. The average Bonchev–Trinajstić information content (AvgIpc) is 2.90. The monoisotopic (exact) mass is 302 g/mol. The first-order valence-corrected chi connectivity index (χ1v) is 8.16. The van der Waals surface area contributed by atoms with Gasteiger partial charge < -0.3 is 14.7 Å². The van der Waals surface area contributed by atoms with Crippen LogP contribution in [0.15, 0.2) is 0 Å². The Labute approximate surface area is 123 Å². The summed E-state index contributed by atoms with van der Waals surface area (Å²) in [5.41, 5.74) is 0. The normalized spacial score (nSPS) is 30.6. The van der Waals surface area contributed by atoms with Crippen LogP contribution in [0, 0.1) is 0 Å². The number of carbonyl (C=O) groups is 2. The first-order valence-electron chi connectivity index (χ1n) is 7.11. The molecule has 3 atom stereocenters. The molecule has 0 saturated carbocycles. The minimum Gasteiger partial charge on any atom is -0.480 e. The highest BCUT2D eigenvalue weighted by atomic mass is 32.2. The van der Waals surface area contributed by atoms with Crippen molar-refractivity contribution in [3.05, 3.63) is 0 Å². The molecule has 0 aromatic rings. The minimum atomic E-state index is -0.915. The number of carboxylic acids is 1. The van der Waals surface area contributed by atoms with E-state index < -0.39 is 12.0 Å². The maximum absolute atomic E-state index is 12.7. The van der Waals surface area contributed by atoms with Gasteiger partial charge in [-0.25, -0.2) is 9.59 Å². The molecule has 2 saturated heterocycles. The highest BCUT2D eigenvalue weighted by Gasteiger charge is 2.43. The Balaban J connectivity index is 2.10. The van der Waals surface area contributed by atoms with E-state index in [0.29, 0.717) is 25.4 Å². The summed E-state index contributed by atoms with van der Waals surface area (Å²) in [5.74, 6) is -0.441. The summed E-state index contributed by atoms with van der Waals surface area (Å²) in [6.07, 6.45) is 1.69. The van der Waals surface area contributed by atoms with Crippen LogP contribution in [0.25, 0.3) is 0 Å². The summed E-state index contributed by atoms with van der Waals surface area (Å²) < 4.78 is 5.56. The average molecular weight is 302 g/mol. The summed E-state index contributed by atoms with van der Waals surface area (Å²) in [7, 11) is 0. The van der Waals surface area contributed by atoms with Crippen LogP contribution in [0.1, 0.15) is 26.7 Å². The molecule has 114 valence electrons. The van der Waals surface area contributed by atoms with Gasteiger partial charge in [-0.3, -0.25) is 4.90 Å². The maximum atomic E-state index is 12.7. The molecule has 2 aliphatic heterocycles. The molecule has 0 aliphatic carbocycles. The second kappa shape index (κ2) is 6.67. The van der Waals surface area contributed by atoms with E-state index in [9.17, 15) is 14.7 Å². The van der Waals surface area contributed by atoms with Crippen LogP contribution in [-0.2, 0) is 9.53 Å². The molecular weight excluding hydrogens is 280 g/mol. The number of urea groups is 1. The summed E-state index contributed by atoms with van der Waals surface area (Å²) in [6.45, 7) is 5.63. The number of hydrogen-bond donors (Lipinski definition) is 1. The topological polar surface area (TPSA) is 70.1 Å². The number of ether oxygens (including phenoxy) is 1. The molecule has 0 spiro atoms. The molecule has 2 amide bonds. The fourth-order valence-electron chi connectivity index (χ4n) is 2.63. The molecule has 7 heteroatoms. The predicted octanol–water partition coefficient (Wildman–Crippen LogP) is 1.46. The van der Waals surface area contributed by atoms with Crippen molar-refractivity contribution < 1.29 is 19.4 Å². The lowest BCUT2D eigenvalue weighted by atomic mass is 10.2. The van der Waals surface area contributed by atoms with E-state index in [1.165, 1.54) is 0 Å². The van der Waals surface area contributed by atoms with Gasteiger partial charge in [0.15, 0.2) is 0 Å². The van der Waals surface area contributed by atoms with Gasteiger partial charge in [0.05, 0.1) is 18.1 Å². The Bertz CT molecular complexity index is 379. The molecule has 6 nitrogen and oxygen atoms in total. The standard InChI is InChI=1S/C13H22N2O4S/c1-3-9-7-14(5-6-19-9)13(18)15-10(12(16)17)8-20-11(15)4-2/h9-11H,3-8H2,1-2H3,(H,16,17). The largest absolute Gasteiger partial charge is 0.480 e. The number of morpholine rings is 1. The molecule has 0 radical (unpaired) electrons. The van der Waals surface area contributed by atoms with Crippen LogP contribution >= 0.6 is 11.8 Å². The van der Waals surface area contributed by atoms with Crippen molar-refractivity contribution in [3.8, 4) is 0 Å². The second-order valence-corrected chi connectivity index (χ2v) is 6.30. The molecule has 20 heavy (non-hydrogen) atoms. The van der Waals surface area contributed by atoms with Crippen LogP contribution in [0.3, 0.4) is 0 Å². The number of rotatable bonds is 3. The Morgan fingerprint density at radius 3 is 2.70 bits per heavy atom. The van der Waals surface area contributed by atoms with E-state index in [-0.39, 0.29) is 17.5 Å². The van der Waals surface area contributed by atoms with Crippen molar-refractivity contribution in [1.29, 1.82) is 0 Å². The summed E-state index contributed by atoms with van der Waals surface area (Å²) in [5, 5.41) is 9.26. The first kappa shape index (κ1) is 15.4. The Morgan fingerprint density at radius 2 is 2.10 bits per heavy atom. The van der Waals surface area contributed by atoms with E-state index in [4.69, 9.17) is 4.74 Å². The highest BCUT2D eigenvalue weighted by Crippen LogP contribution is 2.32. The predicted molar refractivity (Wildman–Crippen MR) is 76.8 cm³/mol. The van der Waals surface area contributed by atoms with Crippen LogP contribution in [0.2, 0.25) is 0 Å². The lowest BCUT2D eigenvalue weighted by Gasteiger charge is -2.37. The number of nitrogens with zero attached hydrogens (tertiary/aromatic N) is 2. The number of carboxylic acid groups (broad SMARTS) is 1. The van der Waals surface area contributed by atoms with Crippen molar-refractivity contribution in [1.82, 2.24) is 9.80 Å². The van der Waals surface area contributed by atoms with E-state index >= 15 is 0 Å². The van der Waals surface area contributed by atoms with Crippen LogP contribution < -0.4 is 0 Å². The number of amides is 2. The van der Waals surface area contributed by atoms with Gasteiger partial charge in [-0.15, -0.1) is 11.8 Å². The number of hydrogen-bond acceptors (Lipinski definition) is 4. The molecule has 0 aromatic carbocycles.